The maximum atomic E-state index is 13.2. The van der Waals surface area contributed by atoms with Gasteiger partial charge in [0.15, 0.2) is 5.52 Å². The summed E-state index contributed by atoms with van der Waals surface area (Å²) in [4.78, 5) is 36.7. The summed E-state index contributed by atoms with van der Waals surface area (Å²) in [5.41, 5.74) is 4.12. The largest absolute Gasteiger partial charge is 0.449 e. The van der Waals surface area contributed by atoms with Gasteiger partial charge in [-0.15, -0.1) is 0 Å². The van der Waals surface area contributed by atoms with Crippen LogP contribution in [0.4, 0.5) is 16.2 Å². The van der Waals surface area contributed by atoms with Gasteiger partial charge in [0.05, 0.1) is 37.0 Å². The Bertz CT molecular complexity index is 1660. The maximum absolute atomic E-state index is 13.2. The Morgan fingerprint density at radius 2 is 1.49 bits per heavy atom. The standard InChI is InChI=1S/C33H38N6O8/c1-3-33(4-2,36-32(41)46-21-26-24-11-7-5-9-22(24)23-10-6-8-12-25(23)26)31(40)35-16-18-45-20-19-44-17-15-34-27-13-14-28(39(42)43)30-29(27)37-47-38-30/h5-14,26,34H,3-4,15-21H2,1-2H3,(H,35,40)(H,36,41). The summed E-state index contributed by atoms with van der Waals surface area (Å²) >= 11 is 0. The van der Waals surface area contributed by atoms with Crippen molar-refractivity contribution < 1.29 is 33.4 Å². The second kappa shape index (κ2) is 15.5. The molecule has 0 bridgehead atoms. The molecule has 14 nitrogen and oxygen atoms in total. The molecular formula is C33H38N6O8. The van der Waals surface area contributed by atoms with Crippen molar-refractivity contribution in [3.8, 4) is 11.1 Å². The number of rotatable bonds is 17. The Labute approximate surface area is 271 Å². The van der Waals surface area contributed by atoms with Crippen LogP contribution in [-0.2, 0) is 19.0 Å². The molecular weight excluding hydrogens is 608 g/mol. The van der Waals surface area contributed by atoms with Gasteiger partial charge >= 0.3 is 11.8 Å². The highest BCUT2D eigenvalue weighted by Crippen LogP contribution is 2.44. The van der Waals surface area contributed by atoms with E-state index >= 15 is 0 Å². The number of anilines is 1. The van der Waals surface area contributed by atoms with E-state index in [1.54, 1.807) is 6.07 Å². The third kappa shape index (κ3) is 7.50. The summed E-state index contributed by atoms with van der Waals surface area (Å²) in [6.45, 7) is 5.80. The minimum absolute atomic E-state index is 0.0736. The summed E-state index contributed by atoms with van der Waals surface area (Å²) in [6.07, 6.45) is 0.145. The monoisotopic (exact) mass is 646 g/mol. The predicted octanol–water partition coefficient (Wildman–Crippen LogP) is 4.79. The molecule has 0 saturated carbocycles. The molecule has 3 aromatic carbocycles. The number of aromatic nitrogens is 2. The van der Waals surface area contributed by atoms with Gasteiger partial charge in [0, 0.05) is 25.1 Å². The molecule has 248 valence electrons. The molecule has 0 fully saturated rings. The van der Waals surface area contributed by atoms with Gasteiger partial charge in [0.1, 0.15) is 12.1 Å². The summed E-state index contributed by atoms with van der Waals surface area (Å²) in [7, 11) is 0. The average molecular weight is 647 g/mol. The van der Waals surface area contributed by atoms with Crippen LogP contribution in [0.25, 0.3) is 22.2 Å². The minimum atomic E-state index is -1.12. The van der Waals surface area contributed by atoms with E-state index in [-0.39, 0.29) is 48.3 Å². The van der Waals surface area contributed by atoms with E-state index in [4.69, 9.17) is 14.2 Å². The Kier molecular flexibility index (Phi) is 11.0. The van der Waals surface area contributed by atoms with Crippen molar-refractivity contribution in [1.82, 2.24) is 20.9 Å². The van der Waals surface area contributed by atoms with Crippen molar-refractivity contribution in [2.75, 3.05) is 51.4 Å². The molecule has 0 saturated heterocycles. The lowest BCUT2D eigenvalue weighted by atomic mass is 9.92. The molecule has 14 heteroatoms. The van der Waals surface area contributed by atoms with Crippen LogP contribution in [-0.4, -0.2) is 78.9 Å². The Balaban J connectivity index is 0.986. The van der Waals surface area contributed by atoms with Crippen LogP contribution in [0.3, 0.4) is 0 Å². The third-order valence-electron chi connectivity index (χ3n) is 8.38. The van der Waals surface area contributed by atoms with E-state index in [2.05, 4.69) is 55.2 Å². The fourth-order valence-corrected chi connectivity index (χ4v) is 5.76. The lowest BCUT2D eigenvalue weighted by molar-refractivity contribution is -0.383. The van der Waals surface area contributed by atoms with Crippen LogP contribution in [0.2, 0.25) is 0 Å². The van der Waals surface area contributed by atoms with E-state index < -0.39 is 16.6 Å². The number of carbonyl (C=O) groups excluding carboxylic acids is 2. The Morgan fingerprint density at radius 1 is 0.872 bits per heavy atom. The van der Waals surface area contributed by atoms with Crippen molar-refractivity contribution in [2.24, 2.45) is 0 Å². The molecule has 1 aliphatic rings. The number of alkyl carbamates (subject to hydrolysis) is 1. The summed E-state index contributed by atoms with van der Waals surface area (Å²) in [5, 5.41) is 27.2. The SMILES string of the molecule is CCC(CC)(NC(=O)OCC1c2ccccc2-c2ccccc21)C(=O)NCCOCCOCCNc1ccc([N+](=O)[O-])c2nonc12. The van der Waals surface area contributed by atoms with Crippen molar-refractivity contribution in [2.45, 2.75) is 38.1 Å². The van der Waals surface area contributed by atoms with Crippen molar-refractivity contribution in [3.63, 3.8) is 0 Å². The number of amides is 2. The first-order chi connectivity index (χ1) is 22.9. The number of nitrogens with zero attached hydrogens (tertiary/aromatic N) is 3. The molecule has 0 atom stereocenters. The second-order valence-electron chi connectivity index (χ2n) is 11.0. The van der Waals surface area contributed by atoms with E-state index in [9.17, 15) is 19.7 Å². The van der Waals surface area contributed by atoms with Crippen LogP contribution < -0.4 is 16.0 Å². The first kappa shape index (κ1) is 33.3. The van der Waals surface area contributed by atoms with Crippen LogP contribution in [0.15, 0.2) is 65.3 Å². The van der Waals surface area contributed by atoms with Crippen LogP contribution in [0.1, 0.15) is 43.7 Å². The highest BCUT2D eigenvalue weighted by atomic mass is 16.6. The fraction of sp³-hybridized carbons (Fsp3) is 0.394. The number of benzene rings is 3. The van der Waals surface area contributed by atoms with Gasteiger partial charge < -0.3 is 30.2 Å². The van der Waals surface area contributed by atoms with Gasteiger partial charge in [-0.3, -0.25) is 14.9 Å². The third-order valence-corrected chi connectivity index (χ3v) is 8.38. The Morgan fingerprint density at radius 3 is 2.13 bits per heavy atom. The van der Waals surface area contributed by atoms with Gasteiger partial charge in [0.25, 0.3) is 0 Å². The average Bonchev–Trinajstić information content (AvgIpc) is 3.70. The lowest BCUT2D eigenvalue weighted by Crippen LogP contribution is -2.58. The molecule has 1 aromatic heterocycles. The number of hydrogen-bond donors (Lipinski definition) is 3. The van der Waals surface area contributed by atoms with Gasteiger partial charge in [0.2, 0.25) is 11.4 Å². The molecule has 1 aliphatic carbocycles. The summed E-state index contributed by atoms with van der Waals surface area (Å²) < 4.78 is 21.5. The zero-order chi connectivity index (χ0) is 33.2. The van der Waals surface area contributed by atoms with E-state index in [0.29, 0.717) is 44.9 Å². The number of nitro benzene ring substituents is 1. The maximum Gasteiger partial charge on any atom is 0.408 e. The van der Waals surface area contributed by atoms with Crippen LogP contribution in [0.5, 0.6) is 0 Å². The number of carbonyl (C=O) groups is 2. The zero-order valence-electron chi connectivity index (χ0n) is 26.3. The Hall–Kier alpha value is -5.08. The first-order valence-corrected chi connectivity index (χ1v) is 15.6. The number of fused-ring (bicyclic) bond motifs is 4. The molecule has 4 aromatic rings. The van der Waals surface area contributed by atoms with Crippen molar-refractivity contribution in [3.05, 3.63) is 81.9 Å². The molecule has 1 heterocycles. The molecule has 0 spiro atoms. The minimum Gasteiger partial charge on any atom is -0.449 e. The van der Waals surface area contributed by atoms with Gasteiger partial charge in [-0.25, -0.2) is 9.42 Å². The number of non-ortho nitro benzene ring substituents is 1. The van der Waals surface area contributed by atoms with E-state index in [0.717, 1.165) is 22.3 Å². The number of nitrogens with one attached hydrogen (secondary N) is 3. The van der Waals surface area contributed by atoms with Crippen molar-refractivity contribution >= 4 is 34.4 Å². The van der Waals surface area contributed by atoms with E-state index in [1.165, 1.54) is 6.07 Å². The van der Waals surface area contributed by atoms with Crippen LogP contribution in [0, 0.1) is 10.1 Å². The topological polar surface area (TPSA) is 180 Å². The quantitative estimate of drug-likeness (QED) is 0.0815. The van der Waals surface area contributed by atoms with Gasteiger partial charge in [-0.2, -0.15) is 0 Å². The predicted molar refractivity (Wildman–Crippen MR) is 173 cm³/mol. The lowest BCUT2D eigenvalue weighted by Gasteiger charge is -2.31. The molecule has 5 rings (SSSR count). The number of ether oxygens (including phenoxy) is 3. The number of nitro groups is 1. The normalized spacial score (nSPS) is 12.4. The molecule has 3 N–H and O–H groups in total. The summed E-state index contributed by atoms with van der Waals surface area (Å²) in [6, 6.07) is 19.1. The molecule has 2 amide bonds. The molecule has 0 unspecified atom stereocenters. The second-order valence-corrected chi connectivity index (χ2v) is 11.0. The zero-order valence-corrected chi connectivity index (χ0v) is 26.3. The highest BCUT2D eigenvalue weighted by molar-refractivity contribution is 5.93. The smallest absolute Gasteiger partial charge is 0.408 e. The van der Waals surface area contributed by atoms with Gasteiger partial charge in [-0.05, 0) is 51.5 Å². The molecule has 0 aliphatic heterocycles. The number of hydrogen-bond acceptors (Lipinski definition) is 11. The van der Waals surface area contributed by atoms with Crippen molar-refractivity contribution in [1.29, 1.82) is 0 Å². The van der Waals surface area contributed by atoms with E-state index in [1.807, 2.05) is 38.1 Å². The summed E-state index contributed by atoms with van der Waals surface area (Å²) in [5.74, 6) is -0.375. The fourth-order valence-electron chi connectivity index (χ4n) is 5.76. The van der Waals surface area contributed by atoms with Gasteiger partial charge in [-0.1, -0.05) is 62.4 Å². The molecule has 47 heavy (non-hydrogen) atoms. The van der Waals surface area contributed by atoms with Crippen LogP contribution >= 0.6 is 0 Å². The first-order valence-electron chi connectivity index (χ1n) is 15.6. The molecule has 0 radical (unpaired) electrons. The highest BCUT2D eigenvalue weighted by Gasteiger charge is 2.37.